The van der Waals surface area contributed by atoms with Crippen LogP contribution in [0.15, 0.2) is 48.7 Å². The van der Waals surface area contributed by atoms with Crippen molar-refractivity contribution in [2.75, 3.05) is 18.2 Å². The summed E-state index contributed by atoms with van der Waals surface area (Å²) in [6, 6.07) is 13.2. The van der Waals surface area contributed by atoms with E-state index >= 15 is 0 Å². The molecule has 0 fully saturated rings. The number of aromatic nitrogens is 1. The van der Waals surface area contributed by atoms with Crippen molar-refractivity contribution in [1.82, 2.24) is 4.98 Å². The predicted octanol–water partition coefficient (Wildman–Crippen LogP) is 4.22. The Morgan fingerprint density at radius 2 is 2.05 bits per heavy atom. The van der Waals surface area contributed by atoms with Crippen molar-refractivity contribution in [3.8, 4) is 5.75 Å². The second-order valence-corrected chi connectivity index (χ2v) is 4.98. The quantitative estimate of drug-likeness (QED) is 0.711. The number of hydrogen-bond acceptors (Lipinski definition) is 4. The highest BCUT2D eigenvalue weighted by Gasteiger charge is 2.06. The number of hydrogen-bond donors (Lipinski definition) is 2. The van der Waals surface area contributed by atoms with Crippen molar-refractivity contribution >= 4 is 39.6 Å². The van der Waals surface area contributed by atoms with Crippen LogP contribution in [0, 0.1) is 0 Å². The van der Waals surface area contributed by atoms with Crippen molar-refractivity contribution in [2.24, 2.45) is 0 Å². The van der Waals surface area contributed by atoms with Gasteiger partial charge in [0.05, 0.1) is 23.3 Å². The summed E-state index contributed by atoms with van der Waals surface area (Å²) < 4.78 is 5.23. The van der Waals surface area contributed by atoms with E-state index < -0.39 is 0 Å². The average molecular weight is 300 g/mol. The van der Waals surface area contributed by atoms with Gasteiger partial charge in [-0.3, -0.25) is 4.98 Å². The van der Waals surface area contributed by atoms with Crippen molar-refractivity contribution in [1.29, 1.82) is 0 Å². The van der Waals surface area contributed by atoms with Crippen LogP contribution in [0.25, 0.3) is 10.9 Å². The minimum atomic E-state index is 0.576. The minimum absolute atomic E-state index is 0.576. The first-order chi connectivity index (χ1) is 10.2. The molecule has 0 unspecified atom stereocenters. The molecule has 0 amide bonds. The number of nitrogens with one attached hydrogen (secondary N) is 1. The fourth-order valence-electron chi connectivity index (χ4n) is 2.20. The zero-order chi connectivity index (χ0) is 14.8. The van der Waals surface area contributed by atoms with Crippen LogP contribution in [0.3, 0.4) is 0 Å². The van der Waals surface area contributed by atoms with Crippen LogP contribution in [0.4, 0.5) is 17.1 Å². The smallest absolute Gasteiger partial charge is 0.139 e. The maximum absolute atomic E-state index is 6.04. The van der Waals surface area contributed by atoms with E-state index in [2.05, 4.69) is 10.3 Å². The highest BCUT2D eigenvalue weighted by atomic mass is 35.5. The molecule has 0 bridgehead atoms. The fourth-order valence-corrected chi connectivity index (χ4v) is 2.40. The lowest BCUT2D eigenvalue weighted by molar-refractivity contribution is 0.415. The number of methoxy groups -OCH3 is 1. The summed E-state index contributed by atoms with van der Waals surface area (Å²) in [5.74, 6) is 0.625. The number of nitrogens with two attached hydrogens (primary N) is 1. The molecule has 3 aromatic rings. The van der Waals surface area contributed by atoms with Gasteiger partial charge in [0.25, 0.3) is 0 Å². The van der Waals surface area contributed by atoms with Gasteiger partial charge in [-0.15, -0.1) is 0 Å². The van der Waals surface area contributed by atoms with E-state index in [4.69, 9.17) is 22.1 Å². The number of benzene rings is 2. The Labute approximate surface area is 127 Å². The minimum Gasteiger partial charge on any atom is -0.495 e. The summed E-state index contributed by atoms with van der Waals surface area (Å²) >= 11 is 6.04. The molecule has 5 heteroatoms. The summed E-state index contributed by atoms with van der Waals surface area (Å²) in [5, 5.41) is 4.88. The van der Waals surface area contributed by atoms with Crippen molar-refractivity contribution < 1.29 is 4.74 Å². The highest BCUT2D eigenvalue weighted by molar-refractivity contribution is 6.32. The third-order valence-corrected chi connectivity index (χ3v) is 3.54. The van der Waals surface area contributed by atoms with Gasteiger partial charge >= 0.3 is 0 Å². The largest absolute Gasteiger partial charge is 0.495 e. The molecule has 21 heavy (non-hydrogen) atoms. The van der Waals surface area contributed by atoms with Crippen molar-refractivity contribution in [3.63, 3.8) is 0 Å². The van der Waals surface area contributed by atoms with Gasteiger partial charge in [0.15, 0.2) is 0 Å². The summed E-state index contributed by atoms with van der Waals surface area (Å²) in [6.07, 6.45) is 1.73. The molecule has 1 heterocycles. The van der Waals surface area contributed by atoms with Crippen molar-refractivity contribution in [2.45, 2.75) is 0 Å². The third kappa shape index (κ3) is 2.58. The number of pyridine rings is 1. The van der Waals surface area contributed by atoms with Gasteiger partial charge in [0, 0.05) is 29.0 Å². The zero-order valence-corrected chi connectivity index (χ0v) is 12.2. The Hall–Kier alpha value is -2.46. The number of nitrogens with zero attached hydrogens (tertiary/aromatic N) is 1. The van der Waals surface area contributed by atoms with Crippen LogP contribution >= 0.6 is 11.6 Å². The second kappa shape index (κ2) is 5.50. The molecular formula is C16H14ClN3O. The molecule has 0 aliphatic heterocycles. The molecule has 0 saturated heterocycles. The number of anilines is 3. The summed E-state index contributed by atoms with van der Waals surface area (Å²) in [7, 11) is 1.59. The molecule has 2 aromatic carbocycles. The first-order valence-electron chi connectivity index (χ1n) is 6.43. The monoisotopic (exact) mass is 299 g/mol. The lowest BCUT2D eigenvalue weighted by Crippen LogP contribution is -1.95. The number of ether oxygens (including phenoxy) is 1. The van der Waals surface area contributed by atoms with Gasteiger partial charge in [0.1, 0.15) is 5.75 Å². The molecule has 0 aliphatic carbocycles. The molecule has 106 valence electrons. The van der Waals surface area contributed by atoms with E-state index in [9.17, 15) is 0 Å². The molecule has 0 atom stereocenters. The Kier molecular flexibility index (Phi) is 3.54. The van der Waals surface area contributed by atoms with Crippen LogP contribution in [0.5, 0.6) is 5.75 Å². The molecule has 0 saturated carbocycles. The zero-order valence-electron chi connectivity index (χ0n) is 11.4. The van der Waals surface area contributed by atoms with Gasteiger partial charge in [-0.2, -0.15) is 0 Å². The van der Waals surface area contributed by atoms with Gasteiger partial charge in [-0.05, 0) is 24.3 Å². The maximum atomic E-state index is 6.04. The predicted molar refractivity (Wildman–Crippen MR) is 87.4 cm³/mol. The summed E-state index contributed by atoms with van der Waals surface area (Å²) in [5.41, 5.74) is 9.20. The lowest BCUT2D eigenvalue weighted by atomic mass is 10.1. The number of rotatable bonds is 3. The van der Waals surface area contributed by atoms with Gasteiger partial charge < -0.3 is 15.8 Å². The highest BCUT2D eigenvalue weighted by Crippen LogP contribution is 2.31. The molecule has 3 N–H and O–H groups in total. The molecule has 0 radical (unpaired) electrons. The Balaban J connectivity index is 2.04. The van der Waals surface area contributed by atoms with Crippen LogP contribution in [0.2, 0.25) is 5.02 Å². The SMILES string of the molecule is COc1cc(Nc2ccnc3c(N)cccc23)ccc1Cl. The van der Waals surface area contributed by atoms with Gasteiger partial charge in [-0.25, -0.2) is 0 Å². The first kappa shape index (κ1) is 13.5. The number of para-hydroxylation sites is 1. The van der Waals surface area contributed by atoms with Crippen molar-refractivity contribution in [3.05, 3.63) is 53.7 Å². The fraction of sp³-hybridized carbons (Fsp3) is 0.0625. The van der Waals surface area contributed by atoms with Crippen LogP contribution in [-0.2, 0) is 0 Å². The number of halogens is 1. The van der Waals surface area contributed by atoms with Gasteiger partial charge in [-0.1, -0.05) is 23.7 Å². The van der Waals surface area contributed by atoms with Gasteiger partial charge in [0.2, 0.25) is 0 Å². The molecule has 0 aliphatic rings. The maximum Gasteiger partial charge on any atom is 0.139 e. The van der Waals surface area contributed by atoms with Crippen LogP contribution in [-0.4, -0.2) is 12.1 Å². The van der Waals surface area contributed by atoms with E-state index in [1.165, 1.54) is 0 Å². The summed E-state index contributed by atoms with van der Waals surface area (Å²) in [4.78, 5) is 4.32. The molecule has 0 spiro atoms. The van der Waals surface area contributed by atoms with E-state index in [1.807, 2.05) is 36.4 Å². The van der Waals surface area contributed by atoms with Crippen LogP contribution in [0.1, 0.15) is 0 Å². The average Bonchev–Trinajstić information content (AvgIpc) is 2.50. The molecule has 4 nitrogen and oxygen atoms in total. The molecule has 1 aromatic heterocycles. The van der Waals surface area contributed by atoms with E-state index in [-0.39, 0.29) is 0 Å². The topological polar surface area (TPSA) is 60.2 Å². The normalized spacial score (nSPS) is 10.6. The summed E-state index contributed by atoms with van der Waals surface area (Å²) in [6.45, 7) is 0. The molecule has 3 rings (SSSR count). The third-order valence-electron chi connectivity index (χ3n) is 3.23. The molecular weight excluding hydrogens is 286 g/mol. The standard InChI is InChI=1S/C16H14ClN3O/c1-21-15-9-10(5-6-12(15)17)20-14-7-8-19-16-11(14)3-2-4-13(16)18/h2-9H,18H2,1H3,(H,19,20). The Bertz CT molecular complexity index is 805. The Morgan fingerprint density at radius 3 is 2.86 bits per heavy atom. The van der Waals surface area contributed by atoms with E-state index in [0.717, 1.165) is 22.3 Å². The van der Waals surface area contributed by atoms with E-state index in [1.54, 1.807) is 19.4 Å². The van der Waals surface area contributed by atoms with E-state index in [0.29, 0.717) is 16.5 Å². The first-order valence-corrected chi connectivity index (χ1v) is 6.80. The Morgan fingerprint density at radius 1 is 1.19 bits per heavy atom. The number of fused-ring (bicyclic) bond motifs is 1. The lowest BCUT2D eigenvalue weighted by Gasteiger charge is -2.12. The number of nitrogen functional groups attached to an aromatic ring is 1. The van der Waals surface area contributed by atoms with Crippen LogP contribution < -0.4 is 15.8 Å². The second-order valence-electron chi connectivity index (χ2n) is 4.58.